The first-order chi connectivity index (χ1) is 8.54. The zero-order valence-electron chi connectivity index (χ0n) is 14.4. The second-order valence-corrected chi connectivity index (χ2v) is 4.25. The summed E-state index contributed by atoms with van der Waals surface area (Å²) < 4.78 is 0. The second-order valence-electron chi connectivity index (χ2n) is 4.25. The van der Waals surface area contributed by atoms with Crippen LogP contribution in [0.25, 0.3) is 0 Å². The number of carbonyl (C=O) groups excluding carboxylic acids is 2. The number of unbranched alkanes of at least 4 members (excludes halogenated alkanes) is 8. The molecule has 0 aromatic carbocycles. The van der Waals surface area contributed by atoms with Gasteiger partial charge in [-0.2, -0.15) is 6.42 Å². The molecular formula is C14H25LiNa2O4. The van der Waals surface area contributed by atoms with Crippen molar-refractivity contribution in [2.45, 2.75) is 71.1 Å². The molecule has 0 bridgehead atoms. The van der Waals surface area contributed by atoms with Crippen LogP contribution in [-0.4, -0.2) is 11.9 Å². The third-order valence-corrected chi connectivity index (χ3v) is 2.39. The van der Waals surface area contributed by atoms with Gasteiger partial charge in [-0.3, -0.25) is 0 Å². The SMILES string of the molecule is O=C([O-])CC(=O)[O-].[CH2-]CCCCCCCCCC.[Li+].[Na+].[Na+]. The van der Waals surface area contributed by atoms with Crippen LogP contribution in [0.3, 0.4) is 0 Å². The largest absolute Gasteiger partial charge is 1.00 e. The average Bonchev–Trinajstić information content (AvgIpc) is 2.27. The fourth-order valence-electron chi connectivity index (χ4n) is 1.43. The van der Waals surface area contributed by atoms with Crippen LogP contribution in [0.15, 0.2) is 0 Å². The normalized spacial score (nSPS) is 8.10. The minimum atomic E-state index is -1.63. The van der Waals surface area contributed by atoms with Crippen LogP contribution in [0, 0.1) is 6.92 Å². The van der Waals surface area contributed by atoms with Crippen molar-refractivity contribution in [3.63, 3.8) is 0 Å². The minimum absolute atomic E-state index is 0. The van der Waals surface area contributed by atoms with E-state index in [1.54, 1.807) is 0 Å². The topological polar surface area (TPSA) is 80.3 Å². The molecule has 0 amide bonds. The van der Waals surface area contributed by atoms with Gasteiger partial charge in [0.25, 0.3) is 0 Å². The predicted octanol–water partition coefficient (Wildman–Crippen LogP) is -7.76. The quantitative estimate of drug-likeness (QED) is 0.174. The van der Waals surface area contributed by atoms with Gasteiger partial charge in [0.1, 0.15) is 0 Å². The molecule has 0 aliphatic carbocycles. The van der Waals surface area contributed by atoms with Crippen molar-refractivity contribution in [1.29, 1.82) is 0 Å². The number of carboxylic acid groups (broad SMARTS) is 2. The molecule has 0 fully saturated rings. The Hall–Kier alpha value is 1.54. The van der Waals surface area contributed by atoms with E-state index >= 15 is 0 Å². The van der Waals surface area contributed by atoms with Crippen LogP contribution in [0.2, 0.25) is 0 Å². The summed E-state index contributed by atoms with van der Waals surface area (Å²) in [5.74, 6) is -3.25. The molecule has 0 aromatic heterocycles. The van der Waals surface area contributed by atoms with Gasteiger partial charge < -0.3 is 26.7 Å². The van der Waals surface area contributed by atoms with E-state index in [2.05, 4.69) is 13.8 Å². The van der Waals surface area contributed by atoms with E-state index in [0.29, 0.717) is 0 Å². The molecule has 0 aromatic rings. The van der Waals surface area contributed by atoms with Gasteiger partial charge in [-0.25, -0.2) is 0 Å². The molecule has 0 spiro atoms. The van der Waals surface area contributed by atoms with E-state index in [9.17, 15) is 19.8 Å². The molecule has 0 aliphatic rings. The van der Waals surface area contributed by atoms with E-state index in [4.69, 9.17) is 0 Å². The Morgan fingerprint density at radius 2 is 1.14 bits per heavy atom. The Kier molecular flexibility index (Phi) is 47.8. The van der Waals surface area contributed by atoms with Crippen LogP contribution in [0.5, 0.6) is 0 Å². The molecule has 108 valence electrons. The second kappa shape index (κ2) is 29.5. The number of rotatable bonds is 10. The molecule has 7 heteroatoms. The van der Waals surface area contributed by atoms with Crippen LogP contribution >= 0.6 is 0 Å². The molecule has 0 unspecified atom stereocenters. The first-order valence-corrected chi connectivity index (χ1v) is 6.73. The van der Waals surface area contributed by atoms with Gasteiger partial charge in [0, 0.05) is 18.4 Å². The zero-order chi connectivity index (χ0) is 14.2. The summed E-state index contributed by atoms with van der Waals surface area (Å²) in [6, 6.07) is 0. The van der Waals surface area contributed by atoms with Crippen molar-refractivity contribution in [1.82, 2.24) is 0 Å². The Labute approximate surface area is 186 Å². The molecule has 0 N–H and O–H groups in total. The molecule has 0 saturated carbocycles. The number of carboxylic acids is 2. The summed E-state index contributed by atoms with van der Waals surface area (Å²) in [7, 11) is 0. The molecule has 0 rings (SSSR count). The van der Waals surface area contributed by atoms with Crippen molar-refractivity contribution in [2.24, 2.45) is 0 Å². The summed E-state index contributed by atoms with van der Waals surface area (Å²) in [6.45, 7) is 6.10. The van der Waals surface area contributed by atoms with Crippen LogP contribution < -0.4 is 88.2 Å². The summed E-state index contributed by atoms with van der Waals surface area (Å²) in [5, 5.41) is 18.6. The van der Waals surface area contributed by atoms with Crippen LogP contribution in [0.4, 0.5) is 0 Å². The van der Waals surface area contributed by atoms with Gasteiger partial charge >= 0.3 is 78.0 Å². The molecule has 4 nitrogen and oxygen atoms in total. The molecular weight excluding hydrogens is 285 g/mol. The van der Waals surface area contributed by atoms with Crippen molar-refractivity contribution >= 4 is 11.9 Å². The Morgan fingerprint density at radius 3 is 1.38 bits per heavy atom. The fraction of sp³-hybridized carbons (Fsp3) is 0.786. The van der Waals surface area contributed by atoms with Crippen molar-refractivity contribution in [3.8, 4) is 0 Å². The van der Waals surface area contributed by atoms with Gasteiger partial charge in [0.15, 0.2) is 0 Å². The van der Waals surface area contributed by atoms with Gasteiger partial charge in [-0.05, 0) is 0 Å². The molecule has 0 saturated heterocycles. The van der Waals surface area contributed by atoms with E-state index in [-0.39, 0.29) is 78.0 Å². The minimum Gasteiger partial charge on any atom is -0.550 e. The Morgan fingerprint density at radius 1 is 0.810 bits per heavy atom. The van der Waals surface area contributed by atoms with Crippen LogP contribution in [-0.2, 0) is 9.59 Å². The first-order valence-electron chi connectivity index (χ1n) is 6.73. The summed E-state index contributed by atoms with van der Waals surface area (Å²) in [4.78, 5) is 18.6. The average molecular weight is 310 g/mol. The summed E-state index contributed by atoms with van der Waals surface area (Å²) >= 11 is 0. The Bertz CT molecular complexity index is 197. The number of hydrogen-bond acceptors (Lipinski definition) is 4. The maximum atomic E-state index is 9.28. The maximum Gasteiger partial charge on any atom is 1.00 e. The number of aliphatic carboxylic acids is 2. The van der Waals surface area contributed by atoms with Crippen LogP contribution in [0.1, 0.15) is 71.1 Å². The van der Waals surface area contributed by atoms with E-state index in [1.165, 1.54) is 51.4 Å². The van der Waals surface area contributed by atoms with Gasteiger partial charge in [-0.1, -0.05) is 58.3 Å². The standard InChI is InChI=1S/C11H23.C3H4O4.Li.2Na/c1-3-5-7-9-11-10-8-6-4-2;4-2(5)1-3(6)7;;;/h1,3-11H2,2H3;1H2,(H,4,5)(H,6,7);;;/q-1;;3*+1/p-2. The fourth-order valence-corrected chi connectivity index (χ4v) is 1.43. The van der Waals surface area contributed by atoms with Gasteiger partial charge in [-0.15, -0.1) is 0 Å². The van der Waals surface area contributed by atoms with E-state index in [1.807, 2.05) is 0 Å². The number of carbonyl (C=O) groups is 2. The maximum absolute atomic E-state index is 9.28. The van der Waals surface area contributed by atoms with Gasteiger partial charge in [0.2, 0.25) is 0 Å². The zero-order valence-corrected chi connectivity index (χ0v) is 18.4. The smallest absolute Gasteiger partial charge is 0.550 e. The van der Waals surface area contributed by atoms with Crippen molar-refractivity contribution in [2.75, 3.05) is 0 Å². The van der Waals surface area contributed by atoms with E-state index < -0.39 is 18.4 Å². The van der Waals surface area contributed by atoms with Gasteiger partial charge in [0.05, 0.1) is 0 Å². The Balaban J connectivity index is -0.0000000762. The third-order valence-electron chi connectivity index (χ3n) is 2.39. The van der Waals surface area contributed by atoms with Crippen molar-refractivity contribution < 1.29 is 97.8 Å². The number of hydrogen-bond donors (Lipinski definition) is 0. The molecule has 0 atom stereocenters. The molecule has 21 heavy (non-hydrogen) atoms. The summed E-state index contributed by atoms with van der Waals surface area (Å²) in [5.41, 5.74) is 0. The predicted molar refractivity (Wildman–Crippen MR) is 67.2 cm³/mol. The first kappa shape index (κ1) is 34.0. The van der Waals surface area contributed by atoms with Crippen molar-refractivity contribution in [3.05, 3.63) is 6.92 Å². The van der Waals surface area contributed by atoms with E-state index in [0.717, 1.165) is 6.42 Å². The monoisotopic (exact) mass is 310 g/mol. The summed E-state index contributed by atoms with van der Waals surface area (Å²) in [6.07, 6.45) is 11.4. The molecule has 0 heterocycles. The third kappa shape index (κ3) is 44.9. The molecule has 0 radical (unpaired) electrons. The molecule has 0 aliphatic heterocycles.